The number of hydrogen-bond acceptors (Lipinski definition) is 4. The van der Waals surface area contributed by atoms with Gasteiger partial charge in [0, 0.05) is 18.5 Å². The smallest absolute Gasteiger partial charge is 0.204 e. The highest BCUT2D eigenvalue weighted by Crippen LogP contribution is 2.48. The molecule has 38 heavy (non-hydrogen) atoms. The number of rotatable bonds is 7. The number of aryl methyl sites for hydroxylation is 1. The number of imidazole rings is 1. The second kappa shape index (κ2) is 9.82. The van der Waals surface area contributed by atoms with Crippen LogP contribution in [0.15, 0.2) is 114 Å². The number of para-hydroxylation sites is 2. The second-order valence-corrected chi connectivity index (χ2v) is 10.4. The number of nitrogens with zero attached hydrogens (tertiary/aromatic N) is 4. The van der Waals surface area contributed by atoms with E-state index in [-0.39, 0.29) is 11.5 Å². The number of hydrogen-bond donors (Lipinski definition) is 1. The van der Waals surface area contributed by atoms with Crippen LogP contribution in [0, 0.1) is 5.41 Å². The molecule has 1 aliphatic rings. The Morgan fingerprint density at radius 1 is 0.789 bits per heavy atom. The van der Waals surface area contributed by atoms with Gasteiger partial charge in [-0.1, -0.05) is 98.8 Å². The van der Waals surface area contributed by atoms with Gasteiger partial charge in [0.15, 0.2) is 0 Å². The first-order chi connectivity index (χ1) is 18.6. The SMILES string of the molecule is CCn1c(NCc2ccc(N3N=C(c4ccccc4)C(C)(C)[C@H]3c3ccccc3)cc2)nc2ccccc21. The maximum Gasteiger partial charge on any atom is 0.204 e. The molecule has 0 radical (unpaired) electrons. The van der Waals surface area contributed by atoms with Crippen LogP contribution in [0.2, 0.25) is 0 Å². The van der Waals surface area contributed by atoms with E-state index in [1.165, 1.54) is 16.7 Å². The molecule has 5 nitrogen and oxygen atoms in total. The molecule has 190 valence electrons. The summed E-state index contributed by atoms with van der Waals surface area (Å²) in [7, 11) is 0. The van der Waals surface area contributed by atoms with E-state index in [1.807, 2.05) is 6.07 Å². The van der Waals surface area contributed by atoms with Gasteiger partial charge in [0.25, 0.3) is 0 Å². The van der Waals surface area contributed by atoms with Gasteiger partial charge in [0.05, 0.1) is 28.5 Å². The third-order valence-corrected chi connectivity index (χ3v) is 7.53. The van der Waals surface area contributed by atoms with Crippen molar-refractivity contribution in [2.45, 2.75) is 39.9 Å². The molecule has 0 unspecified atom stereocenters. The van der Waals surface area contributed by atoms with Gasteiger partial charge in [-0.2, -0.15) is 5.10 Å². The lowest BCUT2D eigenvalue weighted by Crippen LogP contribution is -2.32. The molecule has 4 aromatic carbocycles. The van der Waals surface area contributed by atoms with Crippen molar-refractivity contribution in [2.75, 3.05) is 10.3 Å². The summed E-state index contributed by atoms with van der Waals surface area (Å²) >= 11 is 0. The summed E-state index contributed by atoms with van der Waals surface area (Å²) in [5.41, 5.74) is 7.81. The van der Waals surface area contributed by atoms with Gasteiger partial charge in [-0.25, -0.2) is 4.98 Å². The Morgan fingerprint density at radius 3 is 2.16 bits per heavy atom. The molecule has 5 aromatic rings. The number of nitrogens with one attached hydrogen (secondary N) is 1. The molecule has 0 amide bonds. The van der Waals surface area contributed by atoms with Crippen molar-refractivity contribution < 1.29 is 0 Å². The number of aromatic nitrogens is 2. The number of anilines is 2. The summed E-state index contributed by atoms with van der Waals surface area (Å²) in [6.45, 7) is 8.33. The van der Waals surface area contributed by atoms with Gasteiger partial charge in [-0.3, -0.25) is 5.01 Å². The van der Waals surface area contributed by atoms with Crippen LogP contribution in [0.4, 0.5) is 11.6 Å². The van der Waals surface area contributed by atoms with Crippen molar-refractivity contribution >= 4 is 28.4 Å². The Labute approximate surface area is 224 Å². The van der Waals surface area contributed by atoms with Crippen LogP contribution >= 0.6 is 0 Å². The molecular formula is C33H33N5. The molecule has 1 aliphatic heterocycles. The van der Waals surface area contributed by atoms with Gasteiger partial charge in [0.2, 0.25) is 5.95 Å². The highest BCUT2D eigenvalue weighted by molar-refractivity contribution is 6.07. The summed E-state index contributed by atoms with van der Waals surface area (Å²) in [5.74, 6) is 0.903. The molecule has 5 heteroatoms. The van der Waals surface area contributed by atoms with Crippen molar-refractivity contribution in [1.82, 2.24) is 9.55 Å². The third kappa shape index (κ3) is 4.24. The van der Waals surface area contributed by atoms with Crippen LogP contribution in [-0.4, -0.2) is 15.3 Å². The zero-order valence-electron chi connectivity index (χ0n) is 22.2. The predicted molar refractivity (Wildman–Crippen MR) is 158 cm³/mol. The molecule has 1 N–H and O–H groups in total. The average molecular weight is 500 g/mol. The Bertz CT molecular complexity index is 1570. The Kier molecular flexibility index (Phi) is 6.20. The minimum Gasteiger partial charge on any atom is -0.352 e. The van der Waals surface area contributed by atoms with Gasteiger partial charge >= 0.3 is 0 Å². The third-order valence-electron chi connectivity index (χ3n) is 7.53. The van der Waals surface area contributed by atoms with E-state index in [4.69, 9.17) is 10.1 Å². The fourth-order valence-electron chi connectivity index (χ4n) is 5.63. The molecule has 0 fully saturated rings. The van der Waals surface area contributed by atoms with E-state index in [2.05, 4.69) is 139 Å². The zero-order chi connectivity index (χ0) is 26.1. The molecule has 1 atom stereocenters. The maximum atomic E-state index is 5.23. The fourth-order valence-corrected chi connectivity index (χ4v) is 5.63. The van der Waals surface area contributed by atoms with Crippen LogP contribution in [0.25, 0.3) is 11.0 Å². The van der Waals surface area contributed by atoms with Crippen LogP contribution in [0.1, 0.15) is 43.5 Å². The quantitative estimate of drug-likeness (QED) is 0.250. The summed E-state index contributed by atoms with van der Waals surface area (Å²) < 4.78 is 2.22. The van der Waals surface area contributed by atoms with E-state index in [0.717, 1.165) is 34.9 Å². The van der Waals surface area contributed by atoms with Gasteiger partial charge in [-0.05, 0) is 47.9 Å². The Hall–Kier alpha value is -4.38. The van der Waals surface area contributed by atoms with E-state index in [0.29, 0.717) is 6.54 Å². The summed E-state index contributed by atoms with van der Waals surface area (Å²) in [5, 5.41) is 11.0. The van der Waals surface area contributed by atoms with Crippen LogP contribution in [0.5, 0.6) is 0 Å². The number of hydrazone groups is 1. The van der Waals surface area contributed by atoms with Crippen molar-refractivity contribution in [3.8, 4) is 0 Å². The largest absolute Gasteiger partial charge is 0.352 e. The number of fused-ring (bicyclic) bond motifs is 1. The van der Waals surface area contributed by atoms with Crippen LogP contribution in [0.3, 0.4) is 0 Å². The molecule has 0 saturated carbocycles. The van der Waals surface area contributed by atoms with Crippen LogP contribution < -0.4 is 10.3 Å². The van der Waals surface area contributed by atoms with Crippen LogP contribution in [-0.2, 0) is 13.1 Å². The summed E-state index contributed by atoms with van der Waals surface area (Å²) in [6.07, 6.45) is 0. The molecule has 1 aromatic heterocycles. The summed E-state index contributed by atoms with van der Waals surface area (Å²) in [6, 6.07) is 38.4. The lowest BCUT2D eigenvalue weighted by atomic mass is 9.75. The molecule has 0 aliphatic carbocycles. The normalized spacial score (nSPS) is 16.6. The lowest BCUT2D eigenvalue weighted by Gasteiger charge is -2.33. The zero-order valence-corrected chi connectivity index (χ0v) is 22.2. The molecule has 2 heterocycles. The second-order valence-electron chi connectivity index (χ2n) is 10.4. The van der Waals surface area contributed by atoms with Crippen molar-refractivity contribution in [2.24, 2.45) is 10.5 Å². The topological polar surface area (TPSA) is 45.5 Å². The predicted octanol–water partition coefficient (Wildman–Crippen LogP) is 7.66. The Balaban J connectivity index is 1.29. The van der Waals surface area contributed by atoms with Gasteiger partial charge in [-0.15, -0.1) is 0 Å². The number of benzene rings is 4. The maximum absolute atomic E-state index is 5.23. The average Bonchev–Trinajstić information content (AvgIpc) is 3.46. The first-order valence-corrected chi connectivity index (χ1v) is 13.3. The van der Waals surface area contributed by atoms with E-state index in [9.17, 15) is 0 Å². The summed E-state index contributed by atoms with van der Waals surface area (Å²) in [4.78, 5) is 4.80. The fraction of sp³-hybridized carbons (Fsp3) is 0.212. The minimum absolute atomic E-state index is 0.0901. The molecule has 0 spiro atoms. The minimum atomic E-state index is -0.178. The van der Waals surface area contributed by atoms with E-state index in [1.54, 1.807) is 0 Å². The first-order valence-electron chi connectivity index (χ1n) is 13.3. The van der Waals surface area contributed by atoms with Gasteiger partial charge < -0.3 is 9.88 Å². The van der Waals surface area contributed by atoms with Crippen molar-refractivity contribution in [3.63, 3.8) is 0 Å². The molecule has 6 rings (SSSR count). The van der Waals surface area contributed by atoms with Gasteiger partial charge in [0.1, 0.15) is 0 Å². The molecule has 0 bridgehead atoms. The first kappa shape index (κ1) is 24.0. The van der Waals surface area contributed by atoms with E-state index < -0.39 is 0 Å². The monoisotopic (exact) mass is 499 g/mol. The molecular weight excluding hydrogens is 466 g/mol. The molecule has 0 saturated heterocycles. The Morgan fingerprint density at radius 2 is 1.45 bits per heavy atom. The lowest BCUT2D eigenvalue weighted by molar-refractivity contribution is 0.425. The van der Waals surface area contributed by atoms with E-state index >= 15 is 0 Å². The highest BCUT2D eigenvalue weighted by Gasteiger charge is 2.46. The van der Waals surface area contributed by atoms with Crippen molar-refractivity contribution in [1.29, 1.82) is 0 Å². The van der Waals surface area contributed by atoms with Crippen molar-refractivity contribution in [3.05, 3.63) is 126 Å². The highest BCUT2D eigenvalue weighted by atomic mass is 15.5. The standard InChI is InChI=1S/C33H33N5/c1-4-37-29-18-12-11-17-28(29)35-32(37)34-23-24-19-21-27(22-20-24)38-31(26-15-9-6-10-16-26)33(2,3)30(36-38)25-13-7-5-8-14-25/h5-22,31H,4,23H2,1-3H3,(H,34,35)/t31-/m1/s1.